The van der Waals surface area contributed by atoms with Crippen LogP contribution in [0.2, 0.25) is 5.02 Å². The maximum absolute atomic E-state index is 12.3. The normalized spacial score (nSPS) is 10.6. The second-order valence-corrected chi connectivity index (χ2v) is 4.59. The second kappa shape index (κ2) is 5.32. The number of rotatable bonds is 3. The van der Waals surface area contributed by atoms with Crippen LogP contribution in [0.15, 0.2) is 39.9 Å². The van der Waals surface area contributed by atoms with E-state index in [1.165, 1.54) is 15.2 Å². The molecule has 2 rings (SSSR count). The fraction of sp³-hybridized carbons (Fsp3) is 0.231. The van der Waals surface area contributed by atoms with E-state index in [1.54, 1.807) is 24.3 Å². The van der Waals surface area contributed by atoms with Gasteiger partial charge in [0.15, 0.2) is 0 Å². The van der Waals surface area contributed by atoms with Gasteiger partial charge in [0.05, 0.1) is 5.69 Å². The average molecular weight is 280 g/mol. The van der Waals surface area contributed by atoms with Crippen molar-refractivity contribution in [2.75, 3.05) is 5.73 Å². The van der Waals surface area contributed by atoms with Gasteiger partial charge in [0.2, 0.25) is 0 Å². The van der Waals surface area contributed by atoms with Crippen LogP contribution in [-0.2, 0) is 6.54 Å². The minimum absolute atomic E-state index is 0.115. The summed E-state index contributed by atoms with van der Waals surface area (Å²) >= 11 is 5.81. The van der Waals surface area contributed by atoms with Crippen molar-refractivity contribution in [2.24, 2.45) is 0 Å². The first kappa shape index (κ1) is 13.4. The predicted molar refractivity (Wildman–Crippen MR) is 76.0 cm³/mol. The first-order valence-electron chi connectivity index (χ1n) is 5.93. The average Bonchev–Trinajstić information content (AvgIpc) is 2.36. The van der Waals surface area contributed by atoms with Gasteiger partial charge in [0, 0.05) is 17.6 Å². The fourth-order valence-corrected chi connectivity index (χ4v) is 2.00. The number of nitrogens with two attached hydrogens (primary N) is 1. The lowest BCUT2D eigenvalue weighted by molar-refractivity contribution is 0.600. The number of benzene rings is 1. The third-order valence-electron chi connectivity index (χ3n) is 2.75. The van der Waals surface area contributed by atoms with Crippen LogP contribution in [0.4, 0.5) is 5.82 Å². The summed E-state index contributed by atoms with van der Waals surface area (Å²) in [5, 5.41) is 0.567. The maximum Gasteiger partial charge on any atom is 0.337 e. The van der Waals surface area contributed by atoms with Crippen LogP contribution < -0.4 is 17.0 Å². The molecule has 1 heterocycles. The molecule has 0 saturated heterocycles. The summed E-state index contributed by atoms with van der Waals surface area (Å²) in [6, 6.07) is 7.95. The van der Waals surface area contributed by atoms with E-state index in [9.17, 15) is 9.59 Å². The summed E-state index contributed by atoms with van der Waals surface area (Å²) < 4.78 is 2.47. The first-order chi connectivity index (χ1) is 9.04. The van der Waals surface area contributed by atoms with Crippen LogP contribution in [0.3, 0.4) is 0 Å². The van der Waals surface area contributed by atoms with E-state index in [4.69, 9.17) is 17.3 Å². The Morgan fingerprint density at radius 3 is 2.42 bits per heavy atom. The van der Waals surface area contributed by atoms with Gasteiger partial charge >= 0.3 is 5.69 Å². The van der Waals surface area contributed by atoms with E-state index in [-0.39, 0.29) is 11.4 Å². The summed E-state index contributed by atoms with van der Waals surface area (Å²) in [5.74, 6) is 0.115. The number of hydrogen-bond acceptors (Lipinski definition) is 3. The molecule has 0 amide bonds. The van der Waals surface area contributed by atoms with E-state index in [0.29, 0.717) is 23.7 Å². The molecule has 2 N–H and O–H groups in total. The summed E-state index contributed by atoms with van der Waals surface area (Å²) in [6.07, 6.45) is 0.694. The van der Waals surface area contributed by atoms with Gasteiger partial charge in [-0.25, -0.2) is 9.36 Å². The number of anilines is 1. The smallest absolute Gasteiger partial charge is 0.337 e. The van der Waals surface area contributed by atoms with Crippen LogP contribution in [0.5, 0.6) is 0 Å². The molecule has 0 saturated carbocycles. The zero-order valence-electron chi connectivity index (χ0n) is 10.5. The van der Waals surface area contributed by atoms with Gasteiger partial charge in [0.25, 0.3) is 5.56 Å². The van der Waals surface area contributed by atoms with Gasteiger partial charge < -0.3 is 5.73 Å². The van der Waals surface area contributed by atoms with Gasteiger partial charge in [0.1, 0.15) is 5.82 Å². The molecule has 0 aliphatic carbocycles. The predicted octanol–water partition coefficient (Wildman–Crippen LogP) is 1.64. The summed E-state index contributed by atoms with van der Waals surface area (Å²) in [5.41, 5.74) is 5.54. The van der Waals surface area contributed by atoms with Crippen molar-refractivity contribution in [3.05, 3.63) is 56.2 Å². The number of hydrogen-bond donors (Lipinski definition) is 1. The number of aromatic nitrogens is 2. The lowest BCUT2D eigenvalue weighted by Crippen LogP contribution is -2.39. The molecular weight excluding hydrogens is 266 g/mol. The maximum atomic E-state index is 12.3. The van der Waals surface area contributed by atoms with Crippen molar-refractivity contribution in [2.45, 2.75) is 19.9 Å². The van der Waals surface area contributed by atoms with Crippen LogP contribution in [0.25, 0.3) is 5.69 Å². The van der Waals surface area contributed by atoms with Crippen molar-refractivity contribution in [1.29, 1.82) is 0 Å². The Morgan fingerprint density at radius 1 is 1.21 bits per heavy atom. The SMILES string of the molecule is CCCn1c(=O)cc(N)n(-c2ccc(Cl)cc2)c1=O. The van der Waals surface area contributed by atoms with Gasteiger partial charge in [-0.15, -0.1) is 0 Å². The molecule has 5 nitrogen and oxygen atoms in total. The summed E-state index contributed by atoms with van der Waals surface area (Å²) in [6.45, 7) is 2.26. The molecule has 1 aromatic carbocycles. The summed E-state index contributed by atoms with van der Waals surface area (Å²) in [4.78, 5) is 24.0. The third-order valence-corrected chi connectivity index (χ3v) is 3.00. The third kappa shape index (κ3) is 2.56. The highest BCUT2D eigenvalue weighted by atomic mass is 35.5. The van der Waals surface area contributed by atoms with Gasteiger partial charge in [-0.2, -0.15) is 0 Å². The van der Waals surface area contributed by atoms with Crippen LogP contribution in [0.1, 0.15) is 13.3 Å². The number of nitrogens with zero attached hydrogens (tertiary/aromatic N) is 2. The Hall–Kier alpha value is -2.01. The van der Waals surface area contributed by atoms with Gasteiger partial charge in [-0.05, 0) is 30.7 Å². The molecule has 6 heteroatoms. The Morgan fingerprint density at radius 2 is 1.84 bits per heavy atom. The molecule has 100 valence electrons. The minimum Gasteiger partial charge on any atom is -0.385 e. The van der Waals surface area contributed by atoms with E-state index >= 15 is 0 Å². The highest BCUT2D eigenvalue weighted by Crippen LogP contribution is 2.13. The van der Waals surface area contributed by atoms with E-state index in [2.05, 4.69) is 0 Å². The molecule has 19 heavy (non-hydrogen) atoms. The molecule has 0 radical (unpaired) electrons. The summed E-state index contributed by atoms with van der Waals surface area (Å²) in [7, 11) is 0. The molecule has 2 aromatic rings. The Labute approximate surface area is 114 Å². The van der Waals surface area contributed by atoms with Gasteiger partial charge in [-0.3, -0.25) is 9.36 Å². The monoisotopic (exact) mass is 279 g/mol. The van der Waals surface area contributed by atoms with E-state index in [0.717, 1.165) is 0 Å². The fourth-order valence-electron chi connectivity index (χ4n) is 1.87. The van der Waals surface area contributed by atoms with Crippen LogP contribution in [0, 0.1) is 0 Å². The second-order valence-electron chi connectivity index (χ2n) is 4.15. The van der Waals surface area contributed by atoms with Crippen molar-refractivity contribution in [3.8, 4) is 5.69 Å². The molecular formula is C13H14ClN3O2. The number of nitrogen functional groups attached to an aromatic ring is 1. The highest BCUT2D eigenvalue weighted by Gasteiger charge is 2.10. The van der Waals surface area contributed by atoms with Crippen LogP contribution >= 0.6 is 11.6 Å². The van der Waals surface area contributed by atoms with Crippen LogP contribution in [-0.4, -0.2) is 9.13 Å². The van der Waals surface area contributed by atoms with E-state index in [1.807, 2.05) is 6.92 Å². The molecule has 0 unspecified atom stereocenters. The topological polar surface area (TPSA) is 70.0 Å². The molecule has 0 spiro atoms. The van der Waals surface area contributed by atoms with Crippen molar-refractivity contribution in [1.82, 2.24) is 9.13 Å². The minimum atomic E-state index is -0.436. The lowest BCUT2D eigenvalue weighted by atomic mass is 10.3. The standard InChI is InChI=1S/C13H14ClN3O2/c1-2-7-16-12(18)8-11(15)17(13(16)19)10-5-3-9(14)4-6-10/h3-6,8H,2,7,15H2,1H3. The van der Waals surface area contributed by atoms with Gasteiger partial charge in [-0.1, -0.05) is 18.5 Å². The molecule has 0 bridgehead atoms. The quantitative estimate of drug-likeness (QED) is 0.929. The first-order valence-corrected chi connectivity index (χ1v) is 6.30. The molecule has 0 aliphatic heterocycles. The van der Waals surface area contributed by atoms with Crippen molar-refractivity contribution >= 4 is 17.4 Å². The lowest BCUT2D eigenvalue weighted by Gasteiger charge is -2.12. The van der Waals surface area contributed by atoms with Crippen molar-refractivity contribution in [3.63, 3.8) is 0 Å². The molecule has 1 aromatic heterocycles. The van der Waals surface area contributed by atoms with Crippen molar-refractivity contribution < 1.29 is 0 Å². The highest BCUT2D eigenvalue weighted by molar-refractivity contribution is 6.30. The number of halogens is 1. The Kier molecular flexibility index (Phi) is 3.76. The zero-order chi connectivity index (χ0) is 14.0. The largest absolute Gasteiger partial charge is 0.385 e. The zero-order valence-corrected chi connectivity index (χ0v) is 11.2. The molecule has 0 atom stereocenters. The Balaban J connectivity index is 2.70. The Bertz CT molecular complexity index is 701. The molecule has 0 fully saturated rings. The molecule has 0 aliphatic rings. The van der Waals surface area contributed by atoms with E-state index < -0.39 is 5.69 Å².